The second-order valence-electron chi connectivity index (χ2n) is 7.56. The van der Waals surface area contributed by atoms with E-state index in [1.165, 1.54) is 35.4 Å². The van der Waals surface area contributed by atoms with Gasteiger partial charge in [0.05, 0.1) is 12.6 Å². The summed E-state index contributed by atoms with van der Waals surface area (Å²) in [5, 5.41) is 7.25. The van der Waals surface area contributed by atoms with E-state index in [0.29, 0.717) is 19.6 Å². The van der Waals surface area contributed by atoms with Gasteiger partial charge in [0.1, 0.15) is 22.8 Å². The second-order valence-corrected chi connectivity index (χ2v) is 8.53. The smallest absolute Gasteiger partial charge is 0.257 e. The van der Waals surface area contributed by atoms with Crippen LogP contribution in [0.2, 0.25) is 0 Å². The Hall–Kier alpha value is -3.37. The minimum atomic E-state index is -0.777. The van der Waals surface area contributed by atoms with Gasteiger partial charge in [0, 0.05) is 43.5 Å². The van der Waals surface area contributed by atoms with Crippen molar-refractivity contribution >= 4 is 23.2 Å². The number of nitrogens with zero attached hydrogens (tertiary/aromatic N) is 1. The predicted molar refractivity (Wildman–Crippen MR) is 125 cm³/mol. The van der Waals surface area contributed by atoms with E-state index in [0.717, 1.165) is 23.1 Å². The van der Waals surface area contributed by atoms with Crippen molar-refractivity contribution in [3.63, 3.8) is 0 Å². The fourth-order valence-corrected chi connectivity index (χ4v) is 4.23. The summed E-state index contributed by atoms with van der Waals surface area (Å²) in [6.07, 6.45) is 3.33. The van der Waals surface area contributed by atoms with Gasteiger partial charge in [-0.25, -0.2) is 8.78 Å². The Bertz CT molecular complexity index is 1190. The SMILES string of the molecule is CC[C@H](NC(=O)c1cn(CCOC)cc(C(=O)NCc2cc(F)cc(F)c2)c1=O)c1cccs1. The van der Waals surface area contributed by atoms with Crippen LogP contribution in [0.25, 0.3) is 0 Å². The standard InChI is InChI=1S/C24H25F2N3O4S/c1-3-20(21-5-4-8-34-21)28-24(32)19-14-29(6-7-33-2)13-18(22(19)30)23(31)27-12-15-9-16(25)11-17(26)10-15/h4-5,8-11,13-14,20H,3,6-7,12H2,1-2H3,(H,27,31)(H,28,32)/t20-/m0/s1. The van der Waals surface area contributed by atoms with Crippen molar-refractivity contribution in [1.29, 1.82) is 0 Å². The van der Waals surface area contributed by atoms with E-state index in [9.17, 15) is 23.2 Å². The number of hydrogen-bond acceptors (Lipinski definition) is 5. The summed E-state index contributed by atoms with van der Waals surface area (Å²) in [5.74, 6) is -2.92. The molecule has 2 amide bonds. The zero-order chi connectivity index (χ0) is 24.7. The molecule has 0 bridgehead atoms. The van der Waals surface area contributed by atoms with Crippen LogP contribution in [0.3, 0.4) is 0 Å². The van der Waals surface area contributed by atoms with E-state index in [1.807, 2.05) is 24.4 Å². The van der Waals surface area contributed by atoms with E-state index < -0.39 is 28.9 Å². The maximum absolute atomic E-state index is 13.4. The van der Waals surface area contributed by atoms with Gasteiger partial charge in [0.2, 0.25) is 5.43 Å². The third-order valence-electron chi connectivity index (χ3n) is 5.10. The molecule has 2 heterocycles. The Labute approximate surface area is 199 Å². The zero-order valence-electron chi connectivity index (χ0n) is 18.8. The molecule has 1 atom stereocenters. The molecule has 2 N–H and O–H groups in total. The Morgan fingerprint density at radius 3 is 2.38 bits per heavy atom. The Morgan fingerprint density at radius 1 is 1.12 bits per heavy atom. The molecule has 2 aromatic heterocycles. The summed E-state index contributed by atoms with van der Waals surface area (Å²) in [5.41, 5.74) is -0.989. The lowest BCUT2D eigenvalue weighted by atomic mass is 10.1. The average Bonchev–Trinajstić information content (AvgIpc) is 3.34. The largest absolute Gasteiger partial charge is 0.383 e. The number of aromatic nitrogens is 1. The van der Waals surface area contributed by atoms with E-state index in [-0.39, 0.29) is 29.3 Å². The van der Waals surface area contributed by atoms with Gasteiger partial charge in [-0.3, -0.25) is 14.4 Å². The van der Waals surface area contributed by atoms with Gasteiger partial charge < -0.3 is 19.9 Å². The molecule has 1 aromatic carbocycles. The first-order valence-electron chi connectivity index (χ1n) is 10.6. The van der Waals surface area contributed by atoms with Crippen molar-refractivity contribution in [2.75, 3.05) is 13.7 Å². The molecule has 0 aliphatic heterocycles. The van der Waals surface area contributed by atoms with Crippen LogP contribution < -0.4 is 16.1 Å². The number of rotatable bonds is 10. The number of thiophene rings is 1. The molecular weight excluding hydrogens is 464 g/mol. The van der Waals surface area contributed by atoms with Crippen molar-refractivity contribution in [3.05, 3.63) is 91.5 Å². The number of ether oxygens (including phenoxy) is 1. The summed E-state index contributed by atoms with van der Waals surface area (Å²) in [6.45, 7) is 2.31. The predicted octanol–water partition coefficient (Wildman–Crippen LogP) is 3.65. The first kappa shape index (κ1) is 25.3. The number of carbonyl (C=O) groups excluding carboxylic acids is 2. The van der Waals surface area contributed by atoms with Crippen molar-refractivity contribution in [3.8, 4) is 0 Å². The summed E-state index contributed by atoms with van der Waals surface area (Å²) in [6, 6.07) is 6.39. The molecule has 0 unspecified atom stereocenters. The molecule has 34 heavy (non-hydrogen) atoms. The maximum atomic E-state index is 13.4. The highest BCUT2D eigenvalue weighted by Crippen LogP contribution is 2.22. The van der Waals surface area contributed by atoms with Gasteiger partial charge in [0.25, 0.3) is 11.8 Å². The number of methoxy groups -OCH3 is 1. The monoisotopic (exact) mass is 489 g/mol. The molecule has 0 fully saturated rings. The van der Waals surface area contributed by atoms with E-state index in [2.05, 4.69) is 10.6 Å². The molecule has 7 nitrogen and oxygen atoms in total. The summed E-state index contributed by atoms with van der Waals surface area (Å²) >= 11 is 1.49. The molecule has 0 spiro atoms. The van der Waals surface area contributed by atoms with Crippen LogP contribution in [0.5, 0.6) is 0 Å². The van der Waals surface area contributed by atoms with Crippen LogP contribution in [0.1, 0.15) is 50.5 Å². The summed E-state index contributed by atoms with van der Waals surface area (Å²) < 4.78 is 33.4. The van der Waals surface area contributed by atoms with Gasteiger partial charge in [0.15, 0.2) is 0 Å². The molecule has 0 saturated carbocycles. The lowest BCUT2D eigenvalue weighted by Crippen LogP contribution is -2.36. The molecule has 0 radical (unpaired) electrons. The highest BCUT2D eigenvalue weighted by molar-refractivity contribution is 7.10. The quantitative estimate of drug-likeness (QED) is 0.455. The van der Waals surface area contributed by atoms with E-state index in [4.69, 9.17) is 4.74 Å². The Kier molecular flexibility index (Phi) is 8.67. The fourth-order valence-electron chi connectivity index (χ4n) is 3.37. The number of halogens is 2. The number of benzene rings is 1. The van der Waals surface area contributed by atoms with Crippen LogP contribution in [0.4, 0.5) is 8.78 Å². The van der Waals surface area contributed by atoms with Crippen molar-refractivity contribution in [2.24, 2.45) is 0 Å². The van der Waals surface area contributed by atoms with Crippen molar-refractivity contribution in [2.45, 2.75) is 32.5 Å². The van der Waals surface area contributed by atoms with Gasteiger partial charge >= 0.3 is 0 Å². The first-order valence-corrected chi connectivity index (χ1v) is 11.5. The van der Waals surface area contributed by atoms with Crippen LogP contribution >= 0.6 is 11.3 Å². The molecule has 10 heteroatoms. The summed E-state index contributed by atoms with van der Waals surface area (Å²) in [4.78, 5) is 39.8. The van der Waals surface area contributed by atoms with Gasteiger partial charge in [-0.15, -0.1) is 11.3 Å². The van der Waals surface area contributed by atoms with Crippen molar-refractivity contribution in [1.82, 2.24) is 15.2 Å². The van der Waals surface area contributed by atoms with Crippen molar-refractivity contribution < 1.29 is 23.1 Å². The number of hydrogen-bond donors (Lipinski definition) is 2. The number of amides is 2. The van der Waals surface area contributed by atoms with Crippen LogP contribution in [-0.2, 0) is 17.8 Å². The minimum Gasteiger partial charge on any atom is -0.383 e. The van der Waals surface area contributed by atoms with Crippen LogP contribution in [-0.4, -0.2) is 30.1 Å². The Balaban J connectivity index is 1.87. The number of nitrogens with one attached hydrogen (secondary N) is 2. The third kappa shape index (κ3) is 6.36. The normalized spacial score (nSPS) is 11.8. The highest BCUT2D eigenvalue weighted by atomic mass is 32.1. The van der Waals surface area contributed by atoms with Crippen LogP contribution in [0.15, 0.2) is 52.9 Å². The molecule has 3 rings (SSSR count). The lowest BCUT2D eigenvalue weighted by molar-refractivity contribution is 0.0933. The molecule has 0 aliphatic carbocycles. The second kappa shape index (κ2) is 11.7. The summed E-state index contributed by atoms with van der Waals surface area (Å²) in [7, 11) is 1.51. The molecule has 0 aliphatic rings. The average molecular weight is 490 g/mol. The first-order chi connectivity index (χ1) is 16.3. The van der Waals surface area contributed by atoms with Gasteiger partial charge in [-0.05, 0) is 35.6 Å². The highest BCUT2D eigenvalue weighted by Gasteiger charge is 2.22. The molecule has 180 valence electrons. The maximum Gasteiger partial charge on any atom is 0.257 e. The number of carbonyl (C=O) groups is 2. The van der Waals surface area contributed by atoms with Crippen LogP contribution in [0, 0.1) is 11.6 Å². The molecule has 0 saturated heterocycles. The third-order valence-corrected chi connectivity index (χ3v) is 6.08. The molecule has 3 aromatic rings. The Morgan fingerprint density at radius 2 is 1.79 bits per heavy atom. The number of pyridine rings is 1. The van der Waals surface area contributed by atoms with E-state index in [1.54, 1.807) is 0 Å². The molecular formula is C24H25F2N3O4S. The van der Waals surface area contributed by atoms with Gasteiger partial charge in [-0.1, -0.05) is 13.0 Å². The lowest BCUT2D eigenvalue weighted by Gasteiger charge is -2.17. The van der Waals surface area contributed by atoms with E-state index >= 15 is 0 Å². The zero-order valence-corrected chi connectivity index (χ0v) is 19.6. The fraction of sp³-hybridized carbons (Fsp3) is 0.292. The minimum absolute atomic E-state index is 0.185. The topological polar surface area (TPSA) is 89.4 Å². The van der Waals surface area contributed by atoms with Gasteiger partial charge in [-0.2, -0.15) is 0 Å².